The van der Waals surface area contributed by atoms with Crippen LogP contribution in [0.1, 0.15) is 30.7 Å². The van der Waals surface area contributed by atoms with Gasteiger partial charge >= 0.3 is 0 Å². The van der Waals surface area contributed by atoms with Gasteiger partial charge in [-0.25, -0.2) is 4.98 Å². The molecule has 2 rings (SSSR count). The van der Waals surface area contributed by atoms with Gasteiger partial charge in [0.1, 0.15) is 4.83 Å². The van der Waals surface area contributed by atoms with Crippen LogP contribution in [0, 0.1) is 13.8 Å². The zero-order chi connectivity index (χ0) is 18.4. The molecule has 0 aliphatic carbocycles. The fraction of sp³-hybridized carbons (Fsp3) is 0.588. The summed E-state index contributed by atoms with van der Waals surface area (Å²) in [7, 11) is 0. The molecular formula is C17H25N3O3S2. The number of fused-ring (bicyclic) bond motifs is 1. The first kappa shape index (κ1) is 19.9. The lowest BCUT2D eigenvalue weighted by molar-refractivity contribution is -0.118. The van der Waals surface area contributed by atoms with Crippen LogP contribution in [0.3, 0.4) is 0 Å². The standard InChI is InChI=1S/C17H25N3O3S2/c1-5-20-16(22)14-11(3)12(4)25-15(14)19-17(20)24-10-13(21)18-8-7-9-23-6-2/h5-10H2,1-4H3,(H,18,21). The molecule has 2 heterocycles. The lowest BCUT2D eigenvalue weighted by atomic mass is 10.2. The average Bonchev–Trinajstić information content (AvgIpc) is 2.87. The molecule has 2 aromatic rings. The SMILES string of the molecule is CCOCCCNC(=O)CSc1nc2sc(C)c(C)c2c(=O)n1CC. The molecule has 0 aliphatic heterocycles. The molecule has 0 fully saturated rings. The summed E-state index contributed by atoms with van der Waals surface area (Å²) in [6.07, 6.45) is 0.794. The van der Waals surface area contributed by atoms with E-state index in [0.717, 1.165) is 21.7 Å². The summed E-state index contributed by atoms with van der Waals surface area (Å²) in [6, 6.07) is 0. The number of ether oxygens (including phenoxy) is 1. The third kappa shape index (κ3) is 4.83. The maximum atomic E-state index is 12.7. The first-order valence-electron chi connectivity index (χ1n) is 8.47. The Labute approximate surface area is 156 Å². The first-order valence-corrected chi connectivity index (χ1v) is 10.3. The van der Waals surface area contributed by atoms with Crippen LogP contribution in [-0.2, 0) is 16.1 Å². The van der Waals surface area contributed by atoms with Gasteiger partial charge in [-0.2, -0.15) is 0 Å². The Morgan fingerprint density at radius 1 is 1.36 bits per heavy atom. The topological polar surface area (TPSA) is 73.2 Å². The van der Waals surface area contributed by atoms with Crippen LogP contribution in [0.25, 0.3) is 10.2 Å². The molecule has 25 heavy (non-hydrogen) atoms. The molecule has 0 bridgehead atoms. The van der Waals surface area contributed by atoms with Crippen molar-refractivity contribution in [3.8, 4) is 0 Å². The zero-order valence-electron chi connectivity index (χ0n) is 15.2. The maximum Gasteiger partial charge on any atom is 0.263 e. The summed E-state index contributed by atoms with van der Waals surface area (Å²) in [5.41, 5.74) is 0.984. The Balaban J connectivity index is 2.05. The van der Waals surface area contributed by atoms with Crippen LogP contribution in [0.4, 0.5) is 0 Å². The number of hydrogen-bond acceptors (Lipinski definition) is 6. The molecule has 138 valence electrons. The minimum absolute atomic E-state index is 0.0195. The van der Waals surface area contributed by atoms with Crippen molar-refractivity contribution in [3.05, 3.63) is 20.8 Å². The minimum Gasteiger partial charge on any atom is -0.382 e. The summed E-state index contributed by atoms with van der Waals surface area (Å²) in [5, 5.41) is 4.17. The second-order valence-corrected chi connectivity index (χ2v) is 7.74. The van der Waals surface area contributed by atoms with Crippen molar-refractivity contribution < 1.29 is 9.53 Å². The van der Waals surface area contributed by atoms with Gasteiger partial charge in [0, 0.05) is 31.2 Å². The second-order valence-electron chi connectivity index (χ2n) is 5.60. The highest BCUT2D eigenvalue weighted by atomic mass is 32.2. The number of aromatic nitrogens is 2. The van der Waals surface area contributed by atoms with Gasteiger partial charge in [-0.1, -0.05) is 11.8 Å². The third-order valence-corrected chi connectivity index (χ3v) is 5.97. The maximum absolute atomic E-state index is 12.7. The molecular weight excluding hydrogens is 358 g/mol. The number of nitrogens with one attached hydrogen (secondary N) is 1. The summed E-state index contributed by atoms with van der Waals surface area (Å²) in [5.74, 6) is 0.188. The second kappa shape index (κ2) is 9.35. The molecule has 0 unspecified atom stereocenters. The van der Waals surface area contributed by atoms with Gasteiger partial charge in [0.2, 0.25) is 5.91 Å². The average molecular weight is 384 g/mol. The molecule has 2 aromatic heterocycles. The van der Waals surface area contributed by atoms with Crippen molar-refractivity contribution in [1.29, 1.82) is 0 Å². The van der Waals surface area contributed by atoms with Crippen LogP contribution >= 0.6 is 23.1 Å². The fourth-order valence-electron chi connectivity index (χ4n) is 2.43. The Kier molecular flexibility index (Phi) is 7.46. The van der Waals surface area contributed by atoms with Gasteiger partial charge in [-0.15, -0.1) is 11.3 Å². The van der Waals surface area contributed by atoms with E-state index >= 15 is 0 Å². The molecule has 0 aliphatic rings. The summed E-state index contributed by atoms with van der Waals surface area (Å²) < 4.78 is 6.88. The third-order valence-electron chi connectivity index (χ3n) is 3.89. The van der Waals surface area contributed by atoms with Crippen molar-refractivity contribution in [2.24, 2.45) is 0 Å². The van der Waals surface area contributed by atoms with Crippen LogP contribution in [0.15, 0.2) is 9.95 Å². The largest absolute Gasteiger partial charge is 0.382 e. The molecule has 1 N–H and O–H groups in total. The van der Waals surface area contributed by atoms with E-state index in [1.165, 1.54) is 23.1 Å². The van der Waals surface area contributed by atoms with E-state index in [0.29, 0.717) is 36.8 Å². The van der Waals surface area contributed by atoms with E-state index in [1.807, 2.05) is 27.7 Å². The molecule has 0 atom stereocenters. The summed E-state index contributed by atoms with van der Waals surface area (Å²) >= 11 is 2.84. The Morgan fingerprint density at radius 3 is 2.80 bits per heavy atom. The number of carbonyl (C=O) groups is 1. The quantitative estimate of drug-likeness (QED) is 0.409. The van der Waals surface area contributed by atoms with E-state index in [2.05, 4.69) is 10.3 Å². The van der Waals surface area contributed by atoms with Crippen molar-refractivity contribution >= 4 is 39.2 Å². The van der Waals surface area contributed by atoms with Crippen molar-refractivity contribution in [3.63, 3.8) is 0 Å². The molecule has 8 heteroatoms. The molecule has 0 aromatic carbocycles. The summed E-state index contributed by atoms with van der Waals surface area (Å²) in [4.78, 5) is 31.2. The highest BCUT2D eigenvalue weighted by molar-refractivity contribution is 7.99. The molecule has 6 nitrogen and oxygen atoms in total. The monoisotopic (exact) mass is 383 g/mol. The number of amides is 1. The number of carbonyl (C=O) groups excluding carboxylic acids is 1. The number of hydrogen-bond donors (Lipinski definition) is 1. The first-order chi connectivity index (χ1) is 12.0. The highest BCUT2D eigenvalue weighted by Gasteiger charge is 2.16. The number of thiophene rings is 1. The number of aryl methyl sites for hydroxylation is 2. The van der Waals surface area contributed by atoms with E-state index in [-0.39, 0.29) is 17.2 Å². The normalized spacial score (nSPS) is 11.2. The number of thioether (sulfide) groups is 1. The van der Waals surface area contributed by atoms with E-state index < -0.39 is 0 Å². The van der Waals surface area contributed by atoms with Gasteiger partial charge in [-0.3, -0.25) is 14.2 Å². The Hall–Kier alpha value is -1.38. The van der Waals surface area contributed by atoms with Crippen LogP contribution in [0.5, 0.6) is 0 Å². The van der Waals surface area contributed by atoms with Crippen LogP contribution in [-0.4, -0.2) is 41.0 Å². The van der Waals surface area contributed by atoms with Gasteiger partial charge in [0.05, 0.1) is 11.1 Å². The number of nitrogens with zero attached hydrogens (tertiary/aromatic N) is 2. The Bertz CT molecular complexity index is 799. The van der Waals surface area contributed by atoms with Crippen LogP contribution < -0.4 is 10.9 Å². The fourth-order valence-corrected chi connectivity index (χ4v) is 4.39. The van der Waals surface area contributed by atoms with Gasteiger partial charge < -0.3 is 10.1 Å². The van der Waals surface area contributed by atoms with Crippen molar-refractivity contribution in [1.82, 2.24) is 14.9 Å². The smallest absolute Gasteiger partial charge is 0.263 e. The molecule has 1 amide bonds. The van der Waals surface area contributed by atoms with Gasteiger partial charge in [-0.05, 0) is 39.7 Å². The lowest BCUT2D eigenvalue weighted by Crippen LogP contribution is -2.28. The van der Waals surface area contributed by atoms with Crippen LogP contribution in [0.2, 0.25) is 0 Å². The Morgan fingerprint density at radius 2 is 2.12 bits per heavy atom. The van der Waals surface area contributed by atoms with Gasteiger partial charge in [0.15, 0.2) is 5.16 Å². The van der Waals surface area contributed by atoms with Crippen molar-refractivity contribution in [2.45, 2.75) is 45.8 Å². The molecule has 0 radical (unpaired) electrons. The molecule has 0 saturated heterocycles. The minimum atomic E-state index is -0.0583. The zero-order valence-corrected chi connectivity index (χ0v) is 16.8. The van der Waals surface area contributed by atoms with E-state index in [4.69, 9.17) is 4.74 Å². The van der Waals surface area contributed by atoms with Crippen molar-refractivity contribution in [2.75, 3.05) is 25.5 Å². The molecule has 0 saturated carbocycles. The predicted octanol–water partition coefficient (Wildman–Crippen LogP) is 2.73. The highest BCUT2D eigenvalue weighted by Crippen LogP contribution is 2.28. The lowest BCUT2D eigenvalue weighted by Gasteiger charge is -2.10. The van der Waals surface area contributed by atoms with E-state index in [1.54, 1.807) is 4.57 Å². The number of rotatable bonds is 9. The van der Waals surface area contributed by atoms with Gasteiger partial charge in [0.25, 0.3) is 5.56 Å². The molecule has 0 spiro atoms. The predicted molar refractivity (Wildman–Crippen MR) is 104 cm³/mol. The van der Waals surface area contributed by atoms with E-state index in [9.17, 15) is 9.59 Å². The summed E-state index contributed by atoms with van der Waals surface area (Å²) in [6.45, 7) is 10.3.